The molecule has 1 heterocycles. The van der Waals surface area contributed by atoms with Gasteiger partial charge in [0.2, 0.25) is 0 Å². The number of para-hydroxylation sites is 3. The summed E-state index contributed by atoms with van der Waals surface area (Å²) >= 11 is 0. The summed E-state index contributed by atoms with van der Waals surface area (Å²) < 4.78 is 22.7. The average Bonchev–Trinajstić information content (AvgIpc) is 2.88. The molecule has 2 aromatic carbocycles. The number of allylic oxidation sites excluding steroid dienone is 2. The van der Waals surface area contributed by atoms with Crippen LogP contribution < -0.4 is 9.47 Å². The number of rotatable bonds is 2. The number of hydrogen-bond donors (Lipinski definition) is 0. The van der Waals surface area contributed by atoms with Crippen LogP contribution in [0, 0.1) is 0 Å². The van der Waals surface area contributed by atoms with Gasteiger partial charge in [-0.25, -0.2) is 9.59 Å². The Balaban J connectivity index is 1.93. The maximum absolute atomic E-state index is 13.0. The Morgan fingerprint density at radius 2 is 1.35 bits per heavy atom. The van der Waals surface area contributed by atoms with E-state index in [0.717, 1.165) is 16.7 Å². The van der Waals surface area contributed by atoms with Crippen molar-refractivity contribution in [2.75, 3.05) is 19.6 Å². The Kier molecular flexibility index (Phi) is 10.2. The van der Waals surface area contributed by atoms with Crippen molar-refractivity contribution in [2.24, 2.45) is 0 Å². The van der Waals surface area contributed by atoms with Crippen molar-refractivity contribution in [3.05, 3.63) is 90.1 Å². The minimum atomic E-state index is -0.484. The molecular weight excluding hydrogens is 472 g/mol. The second kappa shape index (κ2) is 13.8. The van der Waals surface area contributed by atoms with Crippen LogP contribution in [-0.2, 0) is 16.0 Å². The van der Waals surface area contributed by atoms with Crippen LogP contribution in [0.2, 0.25) is 0 Å². The van der Waals surface area contributed by atoms with Crippen LogP contribution in [0.25, 0.3) is 0 Å². The van der Waals surface area contributed by atoms with E-state index in [1.165, 1.54) is 18.8 Å². The van der Waals surface area contributed by atoms with Crippen molar-refractivity contribution >= 4 is 12.2 Å². The molecule has 8 heteroatoms. The topological polar surface area (TPSA) is 77.5 Å². The van der Waals surface area contributed by atoms with E-state index in [4.69, 9.17) is 18.9 Å². The van der Waals surface area contributed by atoms with Crippen LogP contribution >= 0.6 is 0 Å². The summed E-state index contributed by atoms with van der Waals surface area (Å²) in [5.41, 5.74) is 2.54. The van der Waals surface area contributed by atoms with Crippen LogP contribution in [0.15, 0.2) is 84.5 Å². The van der Waals surface area contributed by atoms with Gasteiger partial charge in [-0.1, -0.05) is 30.3 Å². The lowest BCUT2D eigenvalue weighted by Crippen LogP contribution is -2.36. The fourth-order valence-electron chi connectivity index (χ4n) is 3.41. The number of nitrogens with zero attached hydrogens (tertiary/aromatic N) is 2. The third-order valence-corrected chi connectivity index (χ3v) is 5.18. The highest BCUT2D eigenvalue weighted by Gasteiger charge is 2.20. The quantitative estimate of drug-likeness (QED) is 0.408. The van der Waals surface area contributed by atoms with Gasteiger partial charge in [-0.15, -0.1) is 0 Å². The Morgan fingerprint density at radius 1 is 0.784 bits per heavy atom. The van der Waals surface area contributed by atoms with Gasteiger partial charge in [0.25, 0.3) is 0 Å². The maximum atomic E-state index is 13.0. The molecule has 0 saturated carbocycles. The van der Waals surface area contributed by atoms with Gasteiger partial charge in [0.15, 0.2) is 11.5 Å². The van der Waals surface area contributed by atoms with E-state index in [-0.39, 0.29) is 13.1 Å². The summed E-state index contributed by atoms with van der Waals surface area (Å²) in [4.78, 5) is 28.8. The largest absolute Gasteiger partial charge is 0.461 e. The standard InChI is InChI=1S/C29H34N2O6/c1-22(2)20-35-28(32)30-15-9-16-31(29(33)36-21-23(3)4)19-24-11-5-6-12-25(24)37-27-14-8-7-13-26(27)34-18-10-17-30/h5-8,10-14,18,20-21H,9,15-17,19H2,1-4H3/b18-10-. The third kappa shape index (κ3) is 8.75. The van der Waals surface area contributed by atoms with E-state index in [0.29, 0.717) is 36.8 Å². The number of carbonyl (C=O) groups excluding carboxylic acids is 2. The normalized spacial score (nSPS) is 14.7. The smallest absolute Gasteiger partial charge is 0.414 e. The van der Waals surface area contributed by atoms with Crippen LogP contribution in [0.1, 0.15) is 39.7 Å². The summed E-state index contributed by atoms with van der Waals surface area (Å²) in [6.07, 6.45) is 5.65. The van der Waals surface area contributed by atoms with Crippen molar-refractivity contribution in [1.82, 2.24) is 9.80 Å². The molecule has 1 aliphatic rings. The number of amides is 2. The highest BCUT2D eigenvalue weighted by atomic mass is 16.6. The summed E-state index contributed by atoms with van der Waals surface area (Å²) in [6, 6.07) is 14.8. The zero-order valence-electron chi connectivity index (χ0n) is 21.8. The molecule has 0 radical (unpaired) electrons. The molecule has 0 aliphatic carbocycles. The number of benzene rings is 2. The van der Waals surface area contributed by atoms with E-state index >= 15 is 0 Å². The number of hydrogen-bond acceptors (Lipinski definition) is 6. The lowest BCUT2D eigenvalue weighted by molar-refractivity contribution is 0.125. The molecule has 0 unspecified atom stereocenters. The molecular formula is C29H34N2O6. The Labute approximate surface area is 218 Å². The molecule has 37 heavy (non-hydrogen) atoms. The van der Waals surface area contributed by atoms with Gasteiger partial charge >= 0.3 is 12.2 Å². The second-order valence-corrected chi connectivity index (χ2v) is 9.03. The molecule has 0 spiro atoms. The van der Waals surface area contributed by atoms with Gasteiger partial charge < -0.3 is 28.7 Å². The molecule has 0 saturated heterocycles. The molecule has 0 N–H and O–H groups in total. The predicted octanol–water partition coefficient (Wildman–Crippen LogP) is 7.00. The molecule has 2 amide bonds. The van der Waals surface area contributed by atoms with Crippen molar-refractivity contribution in [1.29, 1.82) is 0 Å². The molecule has 0 aromatic heterocycles. The first-order valence-electron chi connectivity index (χ1n) is 12.2. The lowest BCUT2D eigenvalue weighted by atomic mass is 10.2. The molecule has 3 rings (SSSR count). The molecule has 2 aromatic rings. The molecule has 0 atom stereocenters. The lowest BCUT2D eigenvalue weighted by Gasteiger charge is -2.25. The van der Waals surface area contributed by atoms with E-state index in [1.54, 1.807) is 21.9 Å². The maximum Gasteiger partial charge on any atom is 0.414 e. The molecule has 8 nitrogen and oxygen atoms in total. The Hall–Kier alpha value is -4.20. The molecule has 196 valence electrons. The Bertz CT molecular complexity index is 1160. The van der Waals surface area contributed by atoms with Crippen molar-refractivity contribution in [3.63, 3.8) is 0 Å². The first kappa shape index (κ1) is 27.4. The van der Waals surface area contributed by atoms with Crippen molar-refractivity contribution in [3.8, 4) is 17.2 Å². The van der Waals surface area contributed by atoms with E-state index < -0.39 is 12.2 Å². The average molecular weight is 507 g/mol. The summed E-state index contributed by atoms with van der Waals surface area (Å²) in [6.45, 7) is 8.64. The Morgan fingerprint density at radius 3 is 2.03 bits per heavy atom. The molecule has 0 bridgehead atoms. The van der Waals surface area contributed by atoms with Crippen LogP contribution in [0.4, 0.5) is 9.59 Å². The fraction of sp³-hybridized carbons (Fsp3) is 0.310. The van der Waals surface area contributed by atoms with Crippen molar-refractivity contribution in [2.45, 2.75) is 40.7 Å². The molecule has 0 fully saturated rings. The number of fused-ring (bicyclic) bond motifs is 2. The van der Waals surface area contributed by atoms with Gasteiger partial charge in [0.05, 0.1) is 25.3 Å². The van der Waals surface area contributed by atoms with Crippen LogP contribution in [0.5, 0.6) is 17.2 Å². The first-order valence-corrected chi connectivity index (χ1v) is 12.2. The second-order valence-electron chi connectivity index (χ2n) is 9.03. The summed E-state index contributed by atoms with van der Waals surface area (Å²) in [5.74, 6) is 1.64. The van der Waals surface area contributed by atoms with E-state index in [9.17, 15) is 9.59 Å². The summed E-state index contributed by atoms with van der Waals surface area (Å²) in [7, 11) is 0. The molecule has 1 aliphatic heterocycles. The van der Waals surface area contributed by atoms with E-state index in [2.05, 4.69) is 0 Å². The minimum Gasteiger partial charge on any atom is -0.461 e. The highest BCUT2D eigenvalue weighted by Crippen LogP contribution is 2.33. The first-order chi connectivity index (χ1) is 17.8. The minimum absolute atomic E-state index is 0.259. The van der Waals surface area contributed by atoms with Gasteiger partial charge in [-0.3, -0.25) is 0 Å². The number of ether oxygens (including phenoxy) is 4. The van der Waals surface area contributed by atoms with Gasteiger partial charge in [-0.05, 0) is 69.5 Å². The van der Waals surface area contributed by atoms with E-state index in [1.807, 2.05) is 70.2 Å². The predicted molar refractivity (Wildman–Crippen MR) is 141 cm³/mol. The van der Waals surface area contributed by atoms with Gasteiger partial charge in [0, 0.05) is 25.2 Å². The third-order valence-electron chi connectivity index (χ3n) is 5.18. The number of carbonyl (C=O) groups is 2. The SMILES string of the molecule is CC(C)=COC(=O)N1C/C=C\Oc2ccccc2Oc2ccccc2CN(C(=O)OC=C(C)C)CCC1. The van der Waals surface area contributed by atoms with Crippen LogP contribution in [-0.4, -0.2) is 41.6 Å². The van der Waals surface area contributed by atoms with Crippen molar-refractivity contribution < 1.29 is 28.5 Å². The zero-order chi connectivity index (χ0) is 26.6. The monoisotopic (exact) mass is 506 g/mol. The van der Waals surface area contributed by atoms with Gasteiger partial charge in [-0.2, -0.15) is 0 Å². The fourth-order valence-corrected chi connectivity index (χ4v) is 3.41. The van der Waals surface area contributed by atoms with Crippen LogP contribution in [0.3, 0.4) is 0 Å². The highest BCUT2D eigenvalue weighted by molar-refractivity contribution is 5.69. The summed E-state index contributed by atoms with van der Waals surface area (Å²) in [5, 5.41) is 0. The zero-order valence-corrected chi connectivity index (χ0v) is 21.8. The van der Waals surface area contributed by atoms with Gasteiger partial charge in [0.1, 0.15) is 5.75 Å².